The zero-order chi connectivity index (χ0) is 14.0. The number of likely N-dealkylation sites (tertiary alicyclic amines) is 1. The second-order valence-electron chi connectivity index (χ2n) is 5.46. The van der Waals surface area contributed by atoms with E-state index in [0.717, 1.165) is 25.8 Å². The van der Waals surface area contributed by atoms with Crippen LogP contribution >= 0.6 is 0 Å². The Kier molecular flexibility index (Phi) is 3.67. The third kappa shape index (κ3) is 2.53. The van der Waals surface area contributed by atoms with E-state index in [0.29, 0.717) is 13.2 Å². The van der Waals surface area contributed by atoms with Crippen molar-refractivity contribution >= 4 is 5.91 Å². The van der Waals surface area contributed by atoms with E-state index in [1.165, 1.54) is 0 Å². The van der Waals surface area contributed by atoms with Crippen molar-refractivity contribution in [1.29, 1.82) is 0 Å². The number of rotatable bonds is 2. The summed E-state index contributed by atoms with van der Waals surface area (Å²) in [5.41, 5.74) is -0.247. The molecule has 2 aliphatic heterocycles. The van der Waals surface area contributed by atoms with Crippen LogP contribution in [0.25, 0.3) is 0 Å². The largest absolute Gasteiger partial charge is 0.379 e. The van der Waals surface area contributed by atoms with Crippen molar-refractivity contribution in [3.05, 3.63) is 24.3 Å². The predicted octanol–water partition coefficient (Wildman–Crippen LogP) is 0.887. The average Bonchev–Trinajstić information content (AvgIpc) is 2.90. The van der Waals surface area contributed by atoms with Gasteiger partial charge in [0.15, 0.2) is 0 Å². The first-order chi connectivity index (χ1) is 9.72. The molecule has 1 aromatic rings. The summed E-state index contributed by atoms with van der Waals surface area (Å²) in [5, 5.41) is 0. The van der Waals surface area contributed by atoms with Crippen LogP contribution in [-0.2, 0) is 9.47 Å². The first kappa shape index (κ1) is 13.5. The van der Waals surface area contributed by atoms with E-state index in [-0.39, 0.29) is 23.4 Å². The Balaban J connectivity index is 1.71. The molecule has 0 unspecified atom stereocenters. The molecule has 0 radical (unpaired) electrons. The molecule has 0 aromatic carbocycles. The van der Waals surface area contributed by atoms with Gasteiger partial charge >= 0.3 is 0 Å². The van der Waals surface area contributed by atoms with Crippen LogP contribution in [0.5, 0.6) is 0 Å². The molecule has 1 aromatic heterocycles. The number of nitrogens with zero attached hydrogens (tertiary/aromatic N) is 3. The highest BCUT2D eigenvalue weighted by molar-refractivity contribution is 5.90. The molecule has 2 aliphatic rings. The maximum absolute atomic E-state index is 12.4. The van der Waals surface area contributed by atoms with Crippen molar-refractivity contribution in [3.8, 4) is 0 Å². The Morgan fingerprint density at radius 1 is 1.50 bits per heavy atom. The number of carbonyl (C=O) groups excluding carboxylic acids is 1. The number of aromatic nitrogens is 2. The molecule has 2 atom stereocenters. The van der Waals surface area contributed by atoms with Gasteiger partial charge in [-0.15, -0.1) is 0 Å². The van der Waals surface area contributed by atoms with E-state index in [4.69, 9.17) is 9.47 Å². The topological polar surface area (TPSA) is 64.6 Å². The van der Waals surface area contributed by atoms with Crippen molar-refractivity contribution in [2.75, 3.05) is 26.8 Å². The molecule has 6 heteroatoms. The highest BCUT2D eigenvalue weighted by Gasteiger charge is 2.44. The molecule has 1 spiro atoms. The lowest BCUT2D eigenvalue weighted by atomic mass is 9.89. The van der Waals surface area contributed by atoms with Crippen LogP contribution in [0.3, 0.4) is 0 Å². The van der Waals surface area contributed by atoms with E-state index < -0.39 is 0 Å². The zero-order valence-electron chi connectivity index (χ0n) is 11.6. The lowest BCUT2D eigenvalue weighted by Crippen LogP contribution is -2.50. The van der Waals surface area contributed by atoms with Crippen LogP contribution in [-0.4, -0.2) is 59.3 Å². The van der Waals surface area contributed by atoms with Gasteiger partial charge in [0.2, 0.25) is 5.82 Å². The van der Waals surface area contributed by atoms with Gasteiger partial charge in [-0.05, 0) is 18.9 Å². The molecule has 0 aliphatic carbocycles. The summed E-state index contributed by atoms with van der Waals surface area (Å²) in [6, 6.07) is 1.71. The van der Waals surface area contributed by atoms with E-state index in [2.05, 4.69) is 9.97 Å². The lowest BCUT2D eigenvalue weighted by Gasteiger charge is -2.39. The number of hydrogen-bond acceptors (Lipinski definition) is 5. The smallest absolute Gasteiger partial charge is 0.291 e. The van der Waals surface area contributed by atoms with Gasteiger partial charge in [0.1, 0.15) is 0 Å². The van der Waals surface area contributed by atoms with E-state index in [1.807, 2.05) is 0 Å². The Hall–Kier alpha value is -1.53. The van der Waals surface area contributed by atoms with Crippen molar-refractivity contribution < 1.29 is 14.3 Å². The summed E-state index contributed by atoms with van der Waals surface area (Å²) >= 11 is 0. The van der Waals surface area contributed by atoms with Crippen molar-refractivity contribution in [3.63, 3.8) is 0 Å². The maximum atomic E-state index is 12.4. The van der Waals surface area contributed by atoms with Gasteiger partial charge in [-0.25, -0.2) is 9.97 Å². The fraction of sp³-hybridized carbons (Fsp3) is 0.643. The highest BCUT2D eigenvalue weighted by atomic mass is 16.6. The second-order valence-corrected chi connectivity index (χ2v) is 5.46. The molecule has 108 valence electrons. The summed E-state index contributed by atoms with van der Waals surface area (Å²) in [6.07, 6.45) is 6.09. The Morgan fingerprint density at radius 3 is 3.00 bits per heavy atom. The van der Waals surface area contributed by atoms with E-state index >= 15 is 0 Å². The number of methoxy groups -OCH3 is 1. The normalized spacial score (nSPS) is 29.9. The molecular formula is C14H19N3O3. The molecular weight excluding hydrogens is 258 g/mol. The number of amides is 1. The van der Waals surface area contributed by atoms with E-state index in [9.17, 15) is 4.79 Å². The fourth-order valence-corrected chi connectivity index (χ4v) is 3.06. The van der Waals surface area contributed by atoms with Gasteiger partial charge in [-0.1, -0.05) is 0 Å². The number of piperidine rings is 1. The van der Waals surface area contributed by atoms with Gasteiger partial charge in [-0.3, -0.25) is 4.79 Å². The first-order valence-corrected chi connectivity index (χ1v) is 6.95. The summed E-state index contributed by atoms with van der Waals surface area (Å²) in [6.45, 7) is 1.95. The van der Waals surface area contributed by atoms with Crippen molar-refractivity contribution in [2.24, 2.45) is 0 Å². The molecule has 2 fully saturated rings. The van der Waals surface area contributed by atoms with Crippen molar-refractivity contribution in [2.45, 2.75) is 31.0 Å². The number of hydrogen-bond donors (Lipinski definition) is 0. The van der Waals surface area contributed by atoms with Crippen LogP contribution in [0, 0.1) is 0 Å². The zero-order valence-corrected chi connectivity index (χ0v) is 11.6. The number of ether oxygens (including phenoxy) is 2. The SMILES string of the molecule is CO[C@H]1CO[C@@]2(CCCN(C(=O)c3ncccn3)C2)C1. The monoisotopic (exact) mass is 277 g/mol. The molecule has 3 heterocycles. The van der Waals surface area contributed by atoms with E-state index in [1.54, 1.807) is 30.5 Å². The number of carbonyl (C=O) groups is 1. The molecule has 0 saturated carbocycles. The van der Waals surface area contributed by atoms with Crippen LogP contribution in [0.15, 0.2) is 18.5 Å². The predicted molar refractivity (Wildman–Crippen MR) is 71.3 cm³/mol. The van der Waals surface area contributed by atoms with Gasteiger partial charge in [0, 0.05) is 32.5 Å². The summed E-state index contributed by atoms with van der Waals surface area (Å²) < 4.78 is 11.3. The minimum absolute atomic E-state index is 0.117. The Morgan fingerprint density at radius 2 is 2.30 bits per heavy atom. The maximum Gasteiger partial charge on any atom is 0.291 e. The minimum atomic E-state index is -0.247. The van der Waals surface area contributed by atoms with Crippen LogP contribution in [0.1, 0.15) is 29.9 Å². The second kappa shape index (κ2) is 5.46. The molecule has 0 N–H and O–H groups in total. The standard InChI is InChI=1S/C14H19N3O3/c1-19-11-8-14(20-9-11)4-2-7-17(10-14)13(18)12-15-5-3-6-16-12/h3,5-6,11H,2,4,7-10H2,1H3/t11-,14+/m1/s1. The average molecular weight is 277 g/mol. The van der Waals surface area contributed by atoms with Gasteiger partial charge < -0.3 is 14.4 Å². The van der Waals surface area contributed by atoms with Gasteiger partial charge in [-0.2, -0.15) is 0 Å². The molecule has 1 amide bonds. The van der Waals surface area contributed by atoms with Crippen molar-refractivity contribution in [1.82, 2.24) is 14.9 Å². The third-order valence-corrected chi connectivity index (χ3v) is 4.09. The van der Waals surface area contributed by atoms with Gasteiger partial charge in [0.05, 0.1) is 24.9 Å². The highest BCUT2D eigenvalue weighted by Crippen LogP contribution is 2.35. The molecule has 20 heavy (non-hydrogen) atoms. The minimum Gasteiger partial charge on any atom is -0.379 e. The molecule has 6 nitrogen and oxygen atoms in total. The van der Waals surface area contributed by atoms with Crippen LogP contribution < -0.4 is 0 Å². The van der Waals surface area contributed by atoms with Crippen LogP contribution in [0.4, 0.5) is 0 Å². The lowest BCUT2D eigenvalue weighted by molar-refractivity contribution is -0.0460. The molecule has 3 rings (SSSR count). The summed E-state index contributed by atoms with van der Waals surface area (Å²) in [4.78, 5) is 22.3. The molecule has 2 saturated heterocycles. The quantitative estimate of drug-likeness (QED) is 0.803. The fourth-order valence-electron chi connectivity index (χ4n) is 3.06. The van der Waals surface area contributed by atoms with Crippen LogP contribution in [0.2, 0.25) is 0 Å². The third-order valence-electron chi connectivity index (χ3n) is 4.09. The first-order valence-electron chi connectivity index (χ1n) is 6.95. The molecule has 0 bridgehead atoms. The van der Waals surface area contributed by atoms with Gasteiger partial charge in [0.25, 0.3) is 5.91 Å². The Bertz CT molecular complexity index is 482. The Labute approximate surface area is 118 Å². The summed E-state index contributed by atoms with van der Waals surface area (Å²) in [7, 11) is 1.70. The summed E-state index contributed by atoms with van der Waals surface area (Å²) in [5.74, 6) is 0.139.